The van der Waals surface area contributed by atoms with Crippen molar-refractivity contribution >= 4 is 23.7 Å². The lowest BCUT2D eigenvalue weighted by Gasteiger charge is -2.19. The average Bonchev–Trinajstić information content (AvgIpc) is 2.86. The van der Waals surface area contributed by atoms with Crippen LogP contribution in [-0.2, 0) is 7.05 Å². The highest BCUT2D eigenvalue weighted by atomic mass is 32.2. The maximum absolute atomic E-state index is 4.55. The van der Waals surface area contributed by atoms with Crippen LogP contribution in [0.25, 0.3) is 0 Å². The molecule has 0 fully saturated rings. The van der Waals surface area contributed by atoms with Crippen molar-refractivity contribution < 1.29 is 0 Å². The fourth-order valence-electron chi connectivity index (χ4n) is 1.81. The normalized spacial score (nSPS) is 10.7. The molecule has 8 heteroatoms. The van der Waals surface area contributed by atoms with Crippen LogP contribution in [-0.4, -0.2) is 44.1 Å². The Morgan fingerprint density at radius 2 is 1.95 bits per heavy atom. The first-order valence-electron chi connectivity index (χ1n) is 7.07. The zero-order chi connectivity index (χ0) is 15.2. The molecule has 2 aromatic heterocycles. The first kappa shape index (κ1) is 15.6. The van der Waals surface area contributed by atoms with Gasteiger partial charge in [0.25, 0.3) is 0 Å². The van der Waals surface area contributed by atoms with Crippen LogP contribution < -0.4 is 10.2 Å². The zero-order valence-corrected chi connectivity index (χ0v) is 13.7. The SMILES string of the molecule is CCNc1nc(Sc2nccn2C)nc(N(CC)CC)n1. The molecule has 0 spiro atoms. The van der Waals surface area contributed by atoms with E-state index in [0.717, 1.165) is 24.8 Å². The fraction of sp³-hybridized carbons (Fsp3) is 0.538. The van der Waals surface area contributed by atoms with Gasteiger partial charge < -0.3 is 14.8 Å². The van der Waals surface area contributed by atoms with E-state index in [-0.39, 0.29) is 0 Å². The van der Waals surface area contributed by atoms with Crippen molar-refractivity contribution in [2.24, 2.45) is 7.05 Å². The second-order valence-corrected chi connectivity index (χ2v) is 5.30. The minimum absolute atomic E-state index is 0.603. The third-order valence-electron chi connectivity index (χ3n) is 2.94. The third-order valence-corrected chi connectivity index (χ3v) is 3.88. The van der Waals surface area contributed by atoms with Crippen LogP contribution in [0, 0.1) is 0 Å². The predicted octanol–water partition coefficient (Wildman–Crippen LogP) is 2.03. The largest absolute Gasteiger partial charge is 0.354 e. The zero-order valence-electron chi connectivity index (χ0n) is 12.9. The summed E-state index contributed by atoms with van der Waals surface area (Å²) in [7, 11) is 1.95. The average molecular weight is 307 g/mol. The number of nitrogens with one attached hydrogen (secondary N) is 1. The lowest BCUT2D eigenvalue weighted by atomic mass is 10.5. The van der Waals surface area contributed by atoms with E-state index in [1.165, 1.54) is 11.8 Å². The first-order chi connectivity index (χ1) is 10.2. The van der Waals surface area contributed by atoms with E-state index in [1.807, 2.05) is 24.7 Å². The predicted molar refractivity (Wildman–Crippen MR) is 84.9 cm³/mol. The Labute approximate surface area is 129 Å². The summed E-state index contributed by atoms with van der Waals surface area (Å²) >= 11 is 1.44. The van der Waals surface area contributed by atoms with Crippen LogP contribution in [0.4, 0.5) is 11.9 Å². The molecule has 0 saturated heterocycles. The van der Waals surface area contributed by atoms with Crippen molar-refractivity contribution in [1.82, 2.24) is 24.5 Å². The van der Waals surface area contributed by atoms with Crippen molar-refractivity contribution in [2.75, 3.05) is 29.9 Å². The van der Waals surface area contributed by atoms with Gasteiger partial charge in [-0.1, -0.05) is 0 Å². The molecular formula is C13H21N7S. The van der Waals surface area contributed by atoms with Gasteiger partial charge in [0.1, 0.15) is 0 Å². The number of hydrogen-bond acceptors (Lipinski definition) is 7. The second-order valence-electron chi connectivity index (χ2n) is 4.37. The quantitative estimate of drug-likeness (QED) is 0.839. The van der Waals surface area contributed by atoms with Crippen molar-refractivity contribution in [1.29, 1.82) is 0 Å². The summed E-state index contributed by atoms with van der Waals surface area (Å²) in [5.74, 6) is 1.30. The van der Waals surface area contributed by atoms with Gasteiger partial charge in [-0.2, -0.15) is 15.0 Å². The van der Waals surface area contributed by atoms with Crippen LogP contribution in [0.2, 0.25) is 0 Å². The number of aromatic nitrogens is 5. The molecule has 2 aromatic rings. The minimum Gasteiger partial charge on any atom is -0.354 e. The van der Waals surface area contributed by atoms with Gasteiger partial charge in [-0.15, -0.1) is 0 Å². The summed E-state index contributed by atoms with van der Waals surface area (Å²) in [6.45, 7) is 8.69. The first-order valence-corrected chi connectivity index (χ1v) is 7.89. The van der Waals surface area contributed by atoms with Crippen molar-refractivity contribution in [2.45, 2.75) is 31.1 Å². The van der Waals surface area contributed by atoms with Gasteiger partial charge in [0.05, 0.1) is 0 Å². The van der Waals surface area contributed by atoms with Crippen LogP contribution in [0.3, 0.4) is 0 Å². The number of hydrogen-bond donors (Lipinski definition) is 1. The Kier molecular flexibility index (Phi) is 5.38. The van der Waals surface area contributed by atoms with Gasteiger partial charge in [0.15, 0.2) is 5.16 Å². The van der Waals surface area contributed by atoms with Crippen molar-refractivity contribution in [3.05, 3.63) is 12.4 Å². The number of nitrogens with zero attached hydrogens (tertiary/aromatic N) is 6. The molecule has 21 heavy (non-hydrogen) atoms. The number of aryl methyl sites for hydroxylation is 1. The molecule has 0 aromatic carbocycles. The Bertz CT molecular complexity index is 580. The van der Waals surface area contributed by atoms with E-state index in [0.29, 0.717) is 17.1 Å². The second kappa shape index (κ2) is 7.26. The number of rotatable bonds is 7. The molecule has 0 aliphatic carbocycles. The van der Waals surface area contributed by atoms with Crippen LogP contribution in [0.5, 0.6) is 0 Å². The number of anilines is 2. The van der Waals surface area contributed by atoms with E-state index in [9.17, 15) is 0 Å². The summed E-state index contributed by atoms with van der Waals surface area (Å²) in [6.07, 6.45) is 3.67. The van der Waals surface area contributed by atoms with Gasteiger partial charge in [-0.25, -0.2) is 4.98 Å². The maximum Gasteiger partial charge on any atom is 0.231 e. The van der Waals surface area contributed by atoms with Gasteiger partial charge >= 0.3 is 0 Å². The highest BCUT2D eigenvalue weighted by molar-refractivity contribution is 7.99. The molecule has 2 heterocycles. The summed E-state index contributed by atoms with van der Waals surface area (Å²) in [6, 6.07) is 0. The Morgan fingerprint density at radius 1 is 1.19 bits per heavy atom. The topological polar surface area (TPSA) is 71.8 Å². The van der Waals surface area contributed by atoms with E-state index in [4.69, 9.17) is 0 Å². The molecule has 1 N–H and O–H groups in total. The standard InChI is InChI=1S/C13H21N7S/c1-5-14-10-16-11(20(6-2)7-3)18-12(17-10)21-13-15-8-9-19(13)4/h8-9H,5-7H2,1-4H3,(H,14,16,17,18). The Hall–Kier alpha value is -1.83. The van der Waals surface area contributed by atoms with E-state index in [2.05, 4.69) is 44.0 Å². The molecule has 0 bridgehead atoms. The Morgan fingerprint density at radius 3 is 2.52 bits per heavy atom. The van der Waals surface area contributed by atoms with Crippen molar-refractivity contribution in [3.63, 3.8) is 0 Å². The Balaban J connectivity index is 2.33. The molecule has 7 nitrogen and oxygen atoms in total. The minimum atomic E-state index is 0.603. The van der Waals surface area contributed by atoms with E-state index < -0.39 is 0 Å². The molecule has 0 amide bonds. The highest BCUT2D eigenvalue weighted by Gasteiger charge is 2.13. The summed E-state index contributed by atoms with van der Waals surface area (Å²) in [5.41, 5.74) is 0. The molecule has 2 rings (SSSR count). The fourth-order valence-corrected chi connectivity index (χ4v) is 2.55. The molecule has 0 aliphatic rings. The monoisotopic (exact) mass is 307 g/mol. The molecule has 0 aliphatic heterocycles. The van der Waals surface area contributed by atoms with Gasteiger partial charge in [0, 0.05) is 39.1 Å². The van der Waals surface area contributed by atoms with Gasteiger partial charge in [0.2, 0.25) is 17.1 Å². The van der Waals surface area contributed by atoms with Crippen LogP contribution in [0.1, 0.15) is 20.8 Å². The van der Waals surface area contributed by atoms with Gasteiger partial charge in [-0.3, -0.25) is 0 Å². The summed E-state index contributed by atoms with van der Waals surface area (Å²) < 4.78 is 1.94. The molecule has 0 radical (unpaired) electrons. The molecule has 0 saturated carbocycles. The highest BCUT2D eigenvalue weighted by Crippen LogP contribution is 2.24. The van der Waals surface area contributed by atoms with Crippen LogP contribution in [0.15, 0.2) is 22.7 Å². The number of imidazole rings is 1. The lowest BCUT2D eigenvalue weighted by Crippen LogP contribution is -2.25. The van der Waals surface area contributed by atoms with E-state index in [1.54, 1.807) is 6.20 Å². The van der Waals surface area contributed by atoms with Crippen LogP contribution >= 0.6 is 11.8 Å². The maximum atomic E-state index is 4.55. The van der Waals surface area contributed by atoms with E-state index >= 15 is 0 Å². The van der Waals surface area contributed by atoms with Crippen molar-refractivity contribution in [3.8, 4) is 0 Å². The smallest absolute Gasteiger partial charge is 0.231 e. The van der Waals surface area contributed by atoms with Gasteiger partial charge in [-0.05, 0) is 32.5 Å². The third kappa shape index (κ3) is 3.84. The molecular weight excluding hydrogens is 286 g/mol. The summed E-state index contributed by atoms with van der Waals surface area (Å²) in [5, 5.41) is 4.66. The molecule has 0 atom stereocenters. The molecule has 114 valence electrons. The summed E-state index contributed by atoms with van der Waals surface area (Å²) in [4.78, 5) is 19.9. The molecule has 0 unspecified atom stereocenters. The lowest BCUT2D eigenvalue weighted by molar-refractivity contribution is 0.768.